The van der Waals surface area contributed by atoms with Crippen LogP contribution in [0.4, 0.5) is 0 Å². The Morgan fingerprint density at radius 1 is 1.39 bits per heavy atom. The summed E-state index contributed by atoms with van der Waals surface area (Å²) in [6, 6.07) is 5.52. The summed E-state index contributed by atoms with van der Waals surface area (Å²) in [5, 5.41) is 8.75. The highest BCUT2D eigenvalue weighted by atomic mass is 35.5. The summed E-state index contributed by atoms with van der Waals surface area (Å²) in [4.78, 5) is 12.5. The lowest BCUT2D eigenvalue weighted by Crippen LogP contribution is -2.05. The number of carbonyl (C=O) groups excluding carboxylic acids is 1. The normalized spacial score (nSPS) is 11.0. The average molecular weight is 262 g/mol. The number of allylic oxidation sites excluding steroid dienone is 1. The SMILES string of the molecule is CC(=O)C=Cc1ccc(Cl)cc1Cn1nccn1. The molecule has 1 aromatic heterocycles. The number of aromatic nitrogens is 3. The van der Waals surface area contributed by atoms with E-state index in [-0.39, 0.29) is 5.78 Å². The zero-order valence-electron chi connectivity index (χ0n) is 9.88. The van der Waals surface area contributed by atoms with E-state index in [0.29, 0.717) is 11.6 Å². The molecule has 5 heteroatoms. The van der Waals surface area contributed by atoms with Crippen LogP contribution < -0.4 is 0 Å². The number of hydrogen-bond donors (Lipinski definition) is 0. The van der Waals surface area contributed by atoms with Crippen molar-refractivity contribution in [1.29, 1.82) is 0 Å². The summed E-state index contributed by atoms with van der Waals surface area (Å²) in [5.74, 6) is 0.00751. The van der Waals surface area contributed by atoms with Crippen molar-refractivity contribution in [3.63, 3.8) is 0 Å². The van der Waals surface area contributed by atoms with Crippen LogP contribution in [0, 0.1) is 0 Å². The third kappa shape index (κ3) is 3.28. The number of nitrogens with zero attached hydrogens (tertiary/aromatic N) is 3. The third-order valence-corrected chi connectivity index (χ3v) is 2.62. The van der Waals surface area contributed by atoms with Gasteiger partial charge in [0, 0.05) is 5.02 Å². The van der Waals surface area contributed by atoms with Crippen LogP contribution in [0.15, 0.2) is 36.7 Å². The Kier molecular flexibility index (Phi) is 3.89. The molecule has 0 spiro atoms. The molecule has 1 heterocycles. The van der Waals surface area contributed by atoms with E-state index < -0.39 is 0 Å². The Morgan fingerprint density at radius 2 is 2.11 bits per heavy atom. The highest BCUT2D eigenvalue weighted by Crippen LogP contribution is 2.18. The Labute approximate surface area is 110 Å². The molecule has 2 rings (SSSR count). The number of hydrogen-bond acceptors (Lipinski definition) is 3. The number of halogens is 1. The van der Waals surface area contributed by atoms with Crippen molar-refractivity contribution in [2.24, 2.45) is 0 Å². The van der Waals surface area contributed by atoms with Crippen LogP contribution in [0.25, 0.3) is 6.08 Å². The monoisotopic (exact) mass is 261 g/mol. The highest BCUT2D eigenvalue weighted by Gasteiger charge is 2.03. The largest absolute Gasteiger partial charge is 0.295 e. The number of benzene rings is 1. The maximum Gasteiger partial charge on any atom is 0.152 e. The van der Waals surface area contributed by atoms with Gasteiger partial charge in [-0.25, -0.2) is 0 Å². The molecule has 0 unspecified atom stereocenters. The number of rotatable bonds is 4. The molecule has 2 aromatic rings. The molecule has 0 aliphatic rings. The maximum absolute atomic E-state index is 11.0. The van der Waals surface area contributed by atoms with Crippen molar-refractivity contribution < 1.29 is 4.79 Å². The molecule has 0 aliphatic heterocycles. The van der Waals surface area contributed by atoms with Crippen molar-refractivity contribution >= 4 is 23.5 Å². The molecule has 92 valence electrons. The van der Waals surface area contributed by atoms with Crippen molar-refractivity contribution in [2.75, 3.05) is 0 Å². The van der Waals surface area contributed by atoms with Crippen molar-refractivity contribution in [3.05, 3.63) is 52.8 Å². The van der Waals surface area contributed by atoms with Gasteiger partial charge in [0.1, 0.15) is 0 Å². The minimum Gasteiger partial charge on any atom is -0.295 e. The highest BCUT2D eigenvalue weighted by molar-refractivity contribution is 6.30. The first-order valence-corrected chi connectivity index (χ1v) is 5.84. The van der Waals surface area contributed by atoms with E-state index in [1.54, 1.807) is 29.3 Å². The number of carbonyl (C=O) groups is 1. The standard InChI is InChI=1S/C13H12ClN3O/c1-10(18)2-3-11-4-5-13(14)8-12(11)9-17-15-6-7-16-17/h2-8H,9H2,1H3. The van der Waals surface area contributed by atoms with Crippen LogP contribution >= 0.6 is 11.6 Å². The quantitative estimate of drug-likeness (QED) is 0.795. The Balaban J connectivity index is 2.31. The van der Waals surface area contributed by atoms with Gasteiger partial charge >= 0.3 is 0 Å². The molecule has 4 nitrogen and oxygen atoms in total. The van der Waals surface area contributed by atoms with Gasteiger partial charge in [-0.05, 0) is 36.3 Å². The lowest BCUT2D eigenvalue weighted by atomic mass is 10.1. The minimum absolute atomic E-state index is 0.00751. The molecule has 0 aliphatic carbocycles. The van der Waals surface area contributed by atoms with Crippen molar-refractivity contribution in [2.45, 2.75) is 13.5 Å². The summed E-state index contributed by atoms with van der Waals surface area (Å²) in [6.07, 6.45) is 6.55. The smallest absolute Gasteiger partial charge is 0.152 e. The second kappa shape index (κ2) is 5.60. The van der Waals surface area contributed by atoms with Gasteiger partial charge in [-0.1, -0.05) is 23.7 Å². The van der Waals surface area contributed by atoms with Gasteiger partial charge in [0.2, 0.25) is 0 Å². The average Bonchev–Trinajstić information content (AvgIpc) is 2.80. The summed E-state index contributed by atoms with van der Waals surface area (Å²) in [7, 11) is 0. The van der Waals surface area contributed by atoms with Gasteiger partial charge in [-0.2, -0.15) is 15.0 Å². The van der Waals surface area contributed by atoms with Gasteiger partial charge in [0.15, 0.2) is 5.78 Å². The summed E-state index contributed by atoms with van der Waals surface area (Å²) in [6.45, 7) is 2.03. The molecule has 0 atom stereocenters. The molecule has 0 bridgehead atoms. The Bertz CT molecular complexity index is 576. The van der Waals surface area contributed by atoms with E-state index in [1.165, 1.54) is 13.0 Å². The van der Waals surface area contributed by atoms with Gasteiger partial charge in [0.25, 0.3) is 0 Å². The summed E-state index contributed by atoms with van der Waals surface area (Å²) in [5.41, 5.74) is 1.91. The number of ketones is 1. The second-order valence-electron chi connectivity index (χ2n) is 3.85. The molecule has 0 fully saturated rings. The van der Waals surface area contributed by atoms with Crippen LogP contribution in [0.5, 0.6) is 0 Å². The molecular weight excluding hydrogens is 250 g/mol. The third-order valence-electron chi connectivity index (χ3n) is 2.38. The van der Waals surface area contributed by atoms with Crippen LogP contribution in [0.1, 0.15) is 18.1 Å². The van der Waals surface area contributed by atoms with E-state index in [0.717, 1.165) is 11.1 Å². The zero-order chi connectivity index (χ0) is 13.0. The summed E-state index contributed by atoms with van der Waals surface area (Å²) < 4.78 is 0. The van der Waals surface area contributed by atoms with Gasteiger partial charge in [-0.3, -0.25) is 4.79 Å². The fourth-order valence-corrected chi connectivity index (χ4v) is 1.75. The second-order valence-corrected chi connectivity index (χ2v) is 4.28. The van der Waals surface area contributed by atoms with Crippen LogP contribution in [-0.4, -0.2) is 20.8 Å². The van der Waals surface area contributed by atoms with Gasteiger partial charge in [-0.15, -0.1) is 0 Å². The van der Waals surface area contributed by atoms with E-state index in [1.807, 2.05) is 12.1 Å². The fourth-order valence-electron chi connectivity index (χ4n) is 1.56. The molecule has 0 saturated heterocycles. The fraction of sp³-hybridized carbons (Fsp3) is 0.154. The van der Waals surface area contributed by atoms with Crippen LogP contribution in [0.3, 0.4) is 0 Å². The van der Waals surface area contributed by atoms with Crippen molar-refractivity contribution in [1.82, 2.24) is 15.0 Å². The Morgan fingerprint density at radius 3 is 2.78 bits per heavy atom. The van der Waals surface area contributed by atoms with Gasteiger partial charge in [0.05, 0.1) is 18.9 Å². The first-order valence-electron chi connectivity index (χ1n) is 5.46. The van der Waals surface area contributed by atoms with Crippen LogP contribution in [0.2, 0.25) is 5.02 Å². The maximum atomic E-state index is 11.0. The molecule has 0 N–H and O–H groups in total. The predicted octanol–water partition coefficient (Wildman–Crippen LogP) is 2.58. The lowest BCUT2D eigenvalue weighted by molar-refractivity contribution is -0.112. The van der Waals surface area contributed by atoms with E-state index >= 15 is 0 Å². The zero-order valence-corrected chi connectivity index (χ0v) is 10.6. The molecule has 18 heavy (non-hydrogen) atoms. The first-order chi connectivity index (χ1) is 8.65. The molecule has 1 aromatic carbocycles. The van der Waals surface area contributed by atoms with E-state index in [9.17, 15) is 4.79 Å². The minimum atomic E-state index is 0.00751. The molecular formula is C13H12ClN3O. The van der Waals surface area contributed by atoms with Gasteiger partial charge < -0.3 is 0 Å². The topological polar surface area (TPSA) is 47.8 Å². The lowest BCUT2D eigenvalue weighted by Gasteiger charge is -2.06. The Hall–Kier alpha value is -1.94. The van der Waals surface area contributed by atoms with Crippen molar-refractivity contribution in [3.8, 4) is 0 Å². The molecule has 0 saturated carbocycles. The predicted molar refractivity (Wildman–Crippen MR) is 70.3 cm³/mol. The molecule has 0 amide bonds. The molecule has 0 radical (unpaired) electrons. The van der Waals surface area contributed by atoms with Crippen LogP contribution in [-0.2, 0) is 11.3 Å². The van der Waals surface area contributed by atoms with E-state index in [4.69, 9.17) is 11.6 Å². The summed E-state index contributed by atoms with van der Waals surface area (Å²) >= 11 is 5.98. The first kappa shape index (κ1) is 12.5. The van der Waals surface area contributed by atoms with E-state index in [2.05, 4.69) is 10.2 Å².